The van der Waals surface area contributed by atoms with E-state index < -0.39 is 0 Å². The van der Waals surface area contributed by atoms with Crippen molar-refractivity contribution in [3.63, 3.8) is 0 Å². The van der Waals surface area contributed by atoms with Gasteiger partial charge >= 0.3 is 0 Å². The third-order valence-electron chi connectivity index (χ3n) is 4.65. The van der Waals surface area contributed by atoms with Crippen molar-refractivity contribution in [2.75, 3.05) is 38.2 Å². The Morgan fingerprint density at radius 3 is 2.54 bits per heavy atom. The second-order valence-electron chi connectivity index (χ2n) is 6.21. The molecule has 1 fully saturated rings. The largest absolute Gasteiger partial charge is 0.497 e. The Balaban J connectivity index is 1.43. The predicted molar refractivity (Wildman–Crippen MR) is 101 cm³/mol. The van der Waals surface area contributed by atoms with Gasteiger partial charge < -0.3 is 18.9 Å². The topological polar surface area (TPSA) is 50.1 Å². The molecule has 1 aliphatic heterocycles. The number of piperazine rings is 1. The van der Waals surface area contributed by atoms with Gasteiger partial charge in [-0.05, 0) is 30.3 Å². The lowest BCUT2D eigenvalue weighted by atomic mass is 10.2. The molecule has 1 aromatic carbocycles. The Morgan fingerprint density at radius 1 is 1.12 bits per heavy atom. The molecule has 0 bridgehead atoms. The molecule has 4 rings (SSSR count). The summed E-state index contributed by atoms with van der Waals surface area (Å²) in [5.41, 5.74) is 2.27. The number of carbonyl (C=O) groups excluding carboxylic acids is 1. The molecule has 3 aromatic rings. The number of rotatable bonds is 3. The Bertz CT molecular complexity index is 930. The van der Waals surface area contributed by atoms with Crippen LogP contribution >= 0.6 is 11.6 Å². The summed E-state index contributed by atoms with van der Waals surface area (Å²) in [5, 5.41) is 0.607. The van der Waals surface area contributed by atoms with Gasteiger partial charge in [-0.25, -0.2) is 4.98 Å². The van der Waals surface area contributed by atoms with Crippen LogP contribution in [0.4, 0.5) is 5.69 Å². The van der Waals surface area contributed by atoms with Crippen LogP contribution in [0.2, 0.25) is 5.02 Å². The normalized spacial score (nSPS) is 14.7. The summed E-state index contributed by atoms with van der Waals surface area (Å²) in [6.07, 6.45) is 3.56. The summed E-state index contributed by atoms with van der Waals surface area (Å²) in [7, 11) is 1.66. The number of hydrogen-bond donors (Lipinski definition) is 0. The molecule has 0 saturated carbocycles. The van der Waals surface area contributed by atoms with Gasteiger partial charge in [0.15, 0.2) is 0 Å². The van der Waals surface area contributed by atoms with E-state index in [4.69, 9.17) is 16.3 Å². The Hall–Kier alpha value is -2.73. The van der Waals surface area contributed by atoms with E-state index in [1.165, 1.54) is 0 Å². The van der Waals surface area contributed by atoms with Crippen molar-refractivity contribution in [2.24, 2.45) is 0 Å². The third kappa shape index (κ3) is 3.20. The van der Waals surface area contributed by atoms with E-state index in [-0.39, 0.29) is 5.91 Å². The molecule has 0 N–H and O–H groups in total. The molecular weight excluding hydrogens is 352 g/mol. The molecule has 0 atom stereocenters. The van der Waals surface area contributed by atoms with E-state index in [0.717, 1.165) is 24.5 Å². The molecule has 6 nitrogen and oxygen atoms in total. The van der Waals surface area contributed by atoms with E-state index >= 15 is 0 Å². The van der Waals surface area contributed by atoms with Crippen LogP contribution in [-0.4, -0.2) is 53.5 Å². The van der Waals surface area contributed by atoms with E-state index in [2.05, 4.69) is 9.88 Å². The van der Waals surface area contributed by atoms with Gasteiger partial charge in [-0.15, -0.1) is 0 Å². The van der Waals surface area contributed by atoms with Crippen molar-refractivity contribution >= 4 is 28.8 Å². The molecule has 1 amide bonds. The number of pyridine rings is 1. The van der Waals surface area contributed by atoms with Crippen LogP contribution < -0.4 is 9.64 Å². The Kier molecular flexibility index (Phi) is 4.42. The maximum Gasteiger partial charge on any atom is 0.274 e. The minimum Gasteiger partial charge on any atom is -0.497 e. The highest BCUT2D eigenvalue weighted by atomic mass is 35.5. The molecule has 7 heteroatoms. The molecule has 2 aromatic heterocycles. The minimum absolute atomic E-state index is 0.0424. The lowest BCUT2D eigenvalue weighted by Gasteiger charge is -2.35. The highest BCUT2D eigenvalue weighted by molar-refractivity contribution is 6.30. The minimum atomic E-state index is -0.0424. The van der Waals surface area contributed by atoms with Gasteiger partial charge in [0, 0.05) is 55.3 Å². The standard InChI is InChI=1S/C19H19ClN4O2/c1-26-16-4-2-15(3-5-16)22-8-10-23(11-9-22)19(25)17-13-24-7-6-14(20)12-18(24)21-17/h2-7,12-13H,8-11H2,1H3. The molecule has 0 radical (unpaired) electrons. The first-order valence-corrected chi connectivity index (χ1v) is 8.84. The maximum absolute atomic E-state index is 12.8. The summed E-state index contributed by atoms with van der Waals surface area (Å²) < 4.78 is 7.01. The lowest BCUT2D eigenvalue weighted by molar-refractivity contribution is 0.0741. The number of methoxy groups -OCH3 is 1. The number of hydrogen-bond acceptors (Lipinski definition) is 4. The van der Waals surface area contributed by atoms with Crippen LogP contribution in [0.25, 0.3) is 5.65 Å². The van der Waals surface area contributed by atoms with Gasteiger partial charge in [0.1, 0.15) is 17.1 Å². The van der Waals surface area contributed by atoms with E-state index in [9.17, 15) is 4.79 Å². The first-order valence-electron chi connectivity index (χ1n) is 8.46. The maximum atomic E-state index is 12.8. The predicted octanol–water partition coefficient (Wildman–Crippen LogP) is 2.96. The number of amides is 1. The van der Waals surface area contributed by atoms with Gasteiger partial charge in [-0.2, -0.15) is 0 Å². The van der Waals surface area contributed by atoms with Crippen LogP contribution in [0, 0.1) is 0 Å². The Morgan fingerprint density at radius 2 is 1.85 bits per heavy atom. The molecule has 0 unspecified atom stereocenters. The summed E-state index contributed by atoms with van der Waals surface area (Å²) in [4.78, 5) is 21.3. The average Bonchev–Trinajstić information content (AvgIpc) is 3.11. The number of fused-ring (bicyclic) bond motifs is 1. The van der Waals surface area contributed by atoms with Crippen molar-refractivity contribution in [1.29, 1.82) is 0 Å². The zero-order valence-corrected chi connectivity index (χ0v) is 15.2. The van der Waals surface area contributed by atoms with E-state index in [1.807, 2.05) is 39.8 Å². The average molecular weight is 371 g/mol. The number of anilines is 1. The summed E-state index contributed by atoms with van der Waals surface area (Å²) in [6.45, 7) is 2.91. The molecule has 1 aliphatic rings. The number of nitrogens with zero attached hydrogens (tertiary/aromatic N) is 4. The quantitative estimate of drug-likeness (QED) is 0.711. The van der Waals surface area contributed by atoms with Crippen molar-refractivity contribution < 1.29 is 9.53 Å². The summed E-state index contributed by atoms with van der Waals surface area (Å²) in [6, 6.07) is 11.5. The molecular formula is C19H19ClN4O2. The number of ether oxygens (including phenoxy) is 1. The van der Waals surface area contributed by atoms with Crippen molar-refractivity contribution in [2.45, 2.75) is 0 Å². The van der Waals surface area contributed by atoms with Crippen molar-refractivity contribution in [1.82, 2.24) is 14.3 Å². The number of imidazole rings is 1. The second kappa shape index (κ2) is 6.88. The number of benzene rings is 1. The van der Waals surface area contributed by atoms with E-state index in [0.29, 0.717) is 29.5 Å². The fourth-order valence-electron chi connectivity index (χ4n) is 3.18. The Labute approximate surface area is 156 Å². The molecule has 0 aliphatic carbocycles. The van der Waals surface area contributed by atoms with Crippen molar-refractivity contribution in [3.05, 3.63) is 59.5 Å². The smallest absolute Gasteiger partial charge is 0.274 e. The first-order chi connectivity index (χ1) is 12.6. The first kappa shape index (κ1) is 16.7. The van der Waals surface area contributed by atoms with Crippen LogP contribution in [-0.2, 0) is 0 Å². The highest BCUT2D eigenvalue weighted by Gasteiger charge is 2.24. The number of halogens is 1. The third-order valence-corrected chi connectivity index (χ3v) is 4.88. The molecule has 3 heterocycles. The van der Waals surface area contributed by atoms with Gasteiger partial charge in [0.2, 0.25) is 0 Å². The fourth-order valence-corrected chi connectivity index (χ4v) is 3.34. The van der Waals surface area contributed by atoms with Crippen LogP contribution in [0.3, 0.4) is 0 Å². The summed E-state index contributed by atoms with van der Waals surface area (Å²) in [5.74, 6) is 0.800. The molecule has 134 valence electrons. The van der Waals surface area contributed by atoms with Gasteiger partial charge in [0.05, 0.1) is 7.11 Å². The van der Waals surface area contributed by atoms with Crippen molar-refractivity contribution in [3.8, 4) is 5.75 Å². The second-order valence-corrected chi connectivity index (χ2v) is 6.65. The highest BCUT2D eigenvalue weighted by Crippen LogP contribution is 2.21. The van der Waals surface area contributed by atoms with Gasteiger partial charge in [0.25, 0.3) is 5.91 Å². The zero-order chi connectivity index (χ0) is 18.1. The monoisotopic (exact) mass is 370 g/mol. The molecule has 26 heavy (non-hydrogen) atoms. The van der Waals surface area contributed by atoms with Gasteiger partial charge in [-0.3, -0.25) is 4.79 Å². The number of aromatic nitrogens is 2. The lowest BCUT2D eigenvalue weighted by Crippen LogP contribution is -2.48. The fraction of sp³-hybridized carbons (Fsp3) is 0.263. The van der Waals surface area contributed by atoms with Crippen LogP contribution in [0.1, 0.15) is 10.5 Å². The molecule has 1 saturated heterocycles. The van der Waals surface area contributed by atoms with E-state index in [1.54, 1.807) is 25.4 Å². The SMILES string of the molecule is COc1ccc(N2CCN(C(=O)c3cn4ccc(Cl)cc4n3)CC2)cc1. The zero-order valence-electron chi connectivity index (χ0n) is 14.4. The van der Waals surface area contributed by atoms with Gasteiger partial charge in [-0.1, -0.05) is 11.6 Å². The van der Waals surface area contributed by atoms with Crippen LogP contribution in [0.5, 0.6) is 5.75 Å². The summed E-state index contributed by atoms with van der Waals surface area (Å²) >= 11 is 5.99. The number of carbonyl (C=O) groups is 1. The molecule has 0 spiro atoms. The van der Waals surface area contributed by atoms with Crippen LogP contribution in [0.15, 0.2) is 48.8 Å².